The van der Waals surface area contributed by atoms with E-state index in [4.69, 9.17) is 0 Å². The lowest BCUT2D eigenvalue weighted by Gasteiger charge is -2.42. The number of anilines is 1. The summed E-state index contributed by atoms with van der Waals surface area (Å²) in [6, 6.07) is 3.50. The van der Waals surface area contributed by atoms with E-state index in [9.17, 15) is 9.90 Å². The van der Waals surface area contributed by atoms with Gasteiger partial charge in [0.1, 0.15) is 5.82 Å². The van der Waals surface area contributed by atoms with Gasteiger partial charge in [-0.05, 0) is 19.1 Å². The fourth-order valence-electron chi connectivity index (χ4n) is 1.76. The van der Waals surface area contributed by atoms with Crippen molar-refractivity contribution in [3.8, 4) is 0 Å². The summed E-state index contributed by atoms with van der Waals surface area (Å²) in [5.74, 6) is 1.02. The highest BCUT2D eigenvalue weighted by atomic mass is 16.3. The Bertz CT molecular complexity index is 359. The highest BCUT2D eigenvalue weighted by molar-refractivity contribution is 5.82. The maximum atomic E-state index is 10.8. The first-order valence-electron chi connectivity index (χ1n) is 5.05. The number of rotatable bonds is 3. The van der Waals surface area contributed by atoms with E-state index in [-0.39, 0.29) is 6.10 Å². The van der Waals surface area contributed by atoms with E-state index in [1.807, 2.05) is 4.90 Å². The molecule has 2 rings (SSSR count). The molecule has 4 heteroatoms. The van der Waals surface area contributed by atoms with Gasteiger partial charge in [-0.3, -0.25) is 4.79 Å². The highest BCUT2D eigenvalue weighted by Crippen LogP contribution is 2.26. The molecule has 0 radical (unpaired) electrons. The predicted octanol–water partition coefficient (Wildman–Crippen LogP) is 0.711. The third-order valence-electron chi connectivity index (χ3n) is 2.84. The molecule has 0 amide bonds. The highest BCUT2D eigenvalue weighted by Gasteiger charge is 2.31. The Kier molecular flexibility index (Phi) is 2.68. The molecule has 15 heavy (non-hydrogen) atoms. The van der Waals surface area contributed by atoms with Gasteiger partial charge in [0.15, 0.2) is 6.29 Å². The Morgan fingerprint density at radius 1 is 1.67 bits per heavy atom. The second-order valence-corrected chi connectivity index (χ2v) is 3.94. The standard InChI is InChI=1S/C11H14N2O2/c1-8(15)10-5-13(6-10)11-9(7-14)3-2-4-12-11/h2-4,7-8,10,15H,5-6H2,1H3/t8-/m1/s1. The van der Waals surface area contributed by atoms with E-state index >= 15 is 0 Å². The summed E-state index contributed by atoms with van der Waals surface area (Å²) in [5.41, 5.74) is 0.613. The van der Waals surface area contributed by atoms with Gasteiger partial charge in [-0.2, -0.15) is 0 Å². The van der Waals surface area contributed by atoms with E-state index in [2.05, 4.69) is 4.98 Å². The van der Waals surface area contributed by atoms with Crippen molar-refractivity contribution >= 4 is 12.1 Å². The quantitative estimate of drug-likeness (QED) is 0.740. The monoisotopic (exact) mass is 206 g/mol. The fraction of sp³-hybridized carbons (Fsp3) is 0.455. The molecule has 0 spiro atoms. The van der Waals surface area contributed by atoms with Crippen LogP contribution in [-0.2, 0) is 0 Å². The van der Waals surface area contributed by atoms with Crippen molar-refractivity contribution in [3.63, 3.8) is 0 Å². The minimum Gasteiger partial charge on any atom is -0.393 e. The minimum atomic E-state index is -0.287. The minimum absolute atomic E-state index is 0.287. The molecular formula is C11H14N2O2. The zero-order valence-electron chi connectivity index (χ0n) is 8.63. The van der Waals surface area contributed by atoms with E-state index in [1.165, 1.54) is 0 Å². The molecule has 0 aromatic carbocycles. The molecule has 1 saturated heterocycles. The first kappa shape index (κ1) is 10.1. The Morgan fingerprint density at radius 3 is 3.00 bits per heavy atom. The summed E-state index contributed by atoms with van der Waals surface area (Å²) < 4.78 is 0. The summed E-state index contributed by atoms with van der Waals surface area (Å²) in [6.45, 7) is 3.34. The molecule has 0 bridgehead atoms. The third kappa shape index (κ3) is 1.85. The van der Waals surface area contributed by atoms with Crippen molar-refractivity contribution < 1.29 is 9.90 Å². The number of aromatic nitrogens is 1. The topological polar surface area (TPSA) is 53.4 Å². The second kappa shape index (κ2) is 3.98. The van der Waals surface area contributed by atoms with Crippen LogP contribution in [-0.4, -0.2) is 35.6 Å². The Labute approximate surface area is 88.6 Å². The molecule has 80 valence electrons. The average molecular weight is 206 g/mol. The van der Waals surface area contributed by atoms with E-state index in [0.29, 0.717) is 11.5 Å². The van der Waals surface area contributed by atoms with Gasteiger partial charge in [-0.15, -0.1) is 0 Å². The van der Waals surface area contributed by atoms with Gasteiger partial charge in [0, 0.05) is 25.2 Å². The molecule has 1 fully saturated rings. The molecule has 1 N–H and O–H groups in total. The summed E-state index contributed by atoms with van der Waals surface area (Å²) in [6.07, 6.45) is 2.21. The number of hydrogen-bond acceptors (Lipinski definition) is 4. The third-order valence-corrected chi connectivity index (χ3v) is 2.84. The normalized spacial score (nSPS) is 18.4. The zero-order valence-corrected chi connectivity index (χ0v) is 8.63. The molecule has 1 aromatic rings. The number of carbonyl (C=O) groups is 1. The first-order chi connectivity index (χ1) is 7.22. The van der Waals surface area contributed by atoms with E-state index in [0.717, 1.165) is 25.2 Å². The largest absolute Gasteiger partial charge is 0.393 e. The smallest absolute Gasteiger partial charge is 0.153 e. The molecule has 4 nitrogen and oxygen atoms in total. The molecule has 2 heterocycles. The Balaban J connectivity index is 2.09. The van der Waals surface area contributed by atoms with Crippen molar-refractivity contribution in [2.24, 2.45) is 5.92 Å². The van der Waals surface area contributed by atoms with Crippen molar-refractivity contribution in [2.75, 3.05) is 18.0 Å². The second-order valence-electron chi connectivity index (χ2n) is 3.94. The number of nitrogens with zero attached hydrogens (tertiary/aromatic N) is 2. The van der Waals surface area contributed by atoms with Crippen molar-refractivity contribution in [3.05, 3.63) is 23.9 Å². The molecule has 0 unspecified atom stereocenters. The SMILES string of the molecule is C[C@@H](O)C1CN(c2ncccc2C=O)C1. The van der Waals surface area contributed by atoms with Crippen LogP contribution < -0.4 is 4.90 Å². The van der Waals surface area contributed by atoms with E-state index in [1.54, 1.807) is 25.3 Å². The zero-order chi connectivity index (χ0) is 10.8. The first-order valence-corrected chi connectivity index (χ1v) is 5.05. The summed E-state index contributed by atoms with van der Waals surface area (Å²) >= 11 is 0. The molecule has 0 saturated carbocycles. The van der Waals surface area contributed by atoms with Crippen LogP contribution in [0.15, 0.2) is 18.3 Å². The lowest BCUT2D eigenvalue weighted by molar-refractivity contribution is 0.107. The van der Waals surface area contributed by atoms with Crippen LogP contribution >= 0.6 is 0 Å². The number of hydrogen-bond donors (Lipinski definition) is 1. The molecule has 1 aromatic heterocycles. The predicted molar refractivity (Wildman–Crippen MR) is 57.0 cm³/mol. The number of pyridine rings is 1. The van der Waals surface area contributed by atoms with Gasteiger partial charge < -0.3 is 10.0 Å². The van der Waals surface area contributed by atoms with Crippen LogP contribution in [0.25, 0.3) is 0 Å². The van der Waals surface area contributed by atoms with Crippen LogP contribution in [0.2, 0.25) is 0 Å². The summed E-state index contributed by atoms with van der Waals surface area (Å²) in [5, 5.41) is 9.35. The molecule has 1 atom stereocenters. The van der Waals surface area contributed by atoms with Crippen molar-refractivity contribution in [1.82, 2.24) is 4.98 Å². The van der Waals surface area contributed by atoms with Gasteiger partial charge in [-0.1, -0.05) is 0 Å². The maximum absolute atomic E-state index is 10.8. The fourth-order valence-corrected chi connectivity index (χ4v) is 1.76. The van der Waals surface area contributed by atoms with Crippen molar-refractivity contribution in [2.45, 2.75) is 13.0 Å². The van der Waals surface area contributed by atoms with Crippen LogP contribution in [0, 0.1) is 5.92 Å². The average Bonchev–Trinajstić information content (AvgIpc) is 2.15. The van der Waals surface area contributed by atoms with Crippen LogP contribution in [0.4, 0.5) is 5.82 Å². The van der Waals surface area contributed by atoms with E-state index < -0.39 is 0 Å². The Hall–Kier alpha value is -1.42. The number of aliphatic hydroxyl groups is 1. The lowest BCUT2D eigenvalue weighted by Crippen LogP contribution is -2.51. The van der Waals surface area contributed by atoms with Gasteiger partial charge in [0.2, 0.25) is 0 Å². The molecule has 1 aliphatic rings. The number of aldehydes is 1. The van der Waals surface area contributed by atoms with Crippen molar-refractivity contribution in [1.29, 1.82) is 0 Å². The van der Waals surface area contributed by atoms with Gasteiger partial charge in [-0.25, -0.2) is 4.98 Å². The number of carbonyl (C=O) groups excluding carboxylic acids is 1. The molecule has 1 aliphatic heterocycles. The van der Waals surface area contributed by atoms with Gasteiger partial charge in [0.05, 0.1) is 11.7 Å². The lowest BCUT2D eigenvalue weighted by atomic mass is 9.94. The van der Waals surface area contributed by atoms with Crippen LogP contribution in [0.1, 0.15) is 17.3 Å². The summed E-state index contributed by atoms with van der Waals surface area (Å²) in [4.78, 5) is 17.0. The van der Waals surface area contributed by atoms with Crippen LogP contribution in [0.5, 0.6) is 0 Å². The summed E-state index contributed by atoms with van der Waals surface area (Å²) in [7, 11) is 0. The Morgan fingerprint density at radius 2 is 2.40 bits per heavy atom. The number of aliphatic hydroxyl groups excluding tert-OH is 1. The van der Waals surface area contributed by atoms with Gasteiger partial charge >= 0.3 is 0 Å². The van der Waals surface area contributed by atoms with Crippen LogP contribution in [0.3, 0.4) is 0 Å². The maximum Gasteiger partial charge on any atom is 0.153 e. The molecular weight excluding hydrogens is 192 g/mol. The van der Waals surface area contributed by atoms with Gasteiger partial charge in [0.25, 0.3) is 0 Å². The molecule has 0 aliphatic carbocycles.